The SMILES string of the molecule is Cc1ccccc1Cc1nc(C(C)(C)C)sc1C(=O)O. The van der Waals surface area contributed by atoms with Crippen LogP contribution in [0.3, 0.4) is 0 Å². The first kappa shape index (κ1) is 14.7. The van der Waals surface area contributed by atoms with Gasteiger partial charge in [0.2, 0.25) is 0 Å². The summed E-state index contributed by atoms with van der Waals surface area (Å²) < 4.78 is 0. The summed E-state index contributed by atoms with van der Waals surface area (Å²) in [5.74, 6) is -0.887. The minimum Gasteiger partial charge on any atom is -0.477 e. The molecule has 0 radical (unpaired) electrons. The van der Waals surface area contributed by atoms with Crippen LogP contribution in [0.15, 0.2) is 24.3 Å². The van der Waals surface area contributed by atoms with E-state index in [1.807, 2.05) is 31.2 Å². The number of hydrogen-bond donors (Lipinski definition) is 1. The number of thiazole rings is 1. The third-order valence-electron chi connectivity index (χ3n) is 3.15. The fourth-order valence-corrected chi connectivity index (χ4v) is 2.93. The summed E-state index contributed by atoms with van der Waals surface area (Å²) in [5.41, 5.74) is 2.83. The minimum atomic E-state index is -0.887. The van der Waals surface area contributed by atoms with Crippen molar-refractivity contribution in [1.82, 2.24) is 4.98 Å². The van der Waals surface area contributed by atoms with Crippen LogP contribution in [0, 0.1) is 6.92 Å². The molecule has 1 heterocycles. The maximum absolute atomic E-state index is 11.4. The molecule has 20 heavy (non-hydrogen) atoms. The van der Waals surface area contributed by atoms with Gasteiger partial charge < -0.3 is 5.11 Å². The van der Waals surface area contributed by atoms with Gasteiger partial charge in [0, 0.05) is 11.8 Å². The molecule has 0 spiro atoms. The fourth-order valence-electron chi connectivity index (χ4n) is 1.95. The Morgan fingerprint density at radius 1 is 1.30 bits per heavy atom. The molecule has 1 aromatic carbocycles. The molecule has 0 amide bonds. The largest absolute Gasteiger partial charge is 0.477 e. The van der Waals surface area contributed by atoms with Crippen LogP contribution in [0.2, 0.25) is 0 Å². The van der Waals surface area contributed by atoms with Gasteiger partial charge in [-0.25, -0.2) is 9.78 Å². The van der Waals surface area contributed by atoms with E-state index in [1.165, 1.54) is 11.3 Å². The van der Waals surface area contributed by atoms with E-state index in [2.05, 4.69) is 25.8 Å². The van der Waals surface area contributed by atoms with E-state index >= 15 is 0 Å². The van der Waals surface area contributed by atoms with E-state index in [9.17, 15) is 9.90 Å². The first-order valence-corrected chi connectivity index (χ1v) is 7.38. The standard InChI is InChI=1S/C16H19NO2S/c1-10-7-5-6-8-11(10)9-12-13(14(18)19)20-15(17-12)16(2,3)4/h5-8H,9H2,1-4H3,(H,18,19). The maximum Gasteiger partial charge on any atom is 0.347 e. The van der Waals surface area contributed by atoms with Gasteiger partial charge in [-0.2, -0.15) is 0 Å². The summed E-state index contributed by atoms with van der Waals surface area (Å²) >= 11 is 1.29. The van der Waals surface area contributed by atoms with Gasteiger partial charge in [0.25, 0.3) is 0 Å². The van der Waals surface area contributed by atoms with Crippen molar-refractivity contribution in [3.8, 4) is 0 Å². The molecule has 3 nitrogen and oxygen atoms in total. The van der Waals surface area contributed by atoms with Gasteiger partial charge in [-0.1, -0.05) is 45.0 Å². The highest BCUT2D eigenvalue weighted by Crippen LogP contribution is 2.30. The Balaban J connectivity index is 2.43. The monoisotopic (exact) mass is 289 g/mol. The number of hydrogen-bond acceptors (Lipinski definition) is 3. The molecule has 1 N–H and O–H groups in total. The Morgan fingerprint density at radius 3 is 2.50 bits per heavy atom. The summed E-state index contributed by atoms with van der Waals surface area (Å²) in [6, 6.07) is 8.02. The summed E-state index contributed by atoms with van der Waals surface area (Å²) in [4.78, 5) is 16.3. The molecule has 0 saturated carbocycles. The van der Waals surface area contributed by atoms with Gasteiger partial charge in [0.1, 0.15) is 4.88 Å². The number of carboxylic acids is 1. The zero-order valence-corrected chi connectivity index (χ0v) is 13.0. The molecule has 0 aliphatic carbocycles. The smallest absolute Gasteiger partial charge is 0.347 e. The lowest BCUT2D eigenvalue weighted by Crippen LogP contribution is -2.10. The predicted octanol–water partition coefficient (Wildman–Crippen LogP) is 4.04. The van der Waals surface area contributed by atoms with Crippen LogP contribution in [0.25, 0.3) is 0 Å². The summed E-state index contributed by atoms with van der Waals surface area (Å²) in [5, 5.41) is 10.2. The molecular weight excluding hydrogens is 270 g/mol. The molecule has 0 saturated heterocycles. The topological polar surface area (TPSA) is 50.2 Å². The molecule has 0 atom stereocenters. The Labute approximate surface area is 123 Å². The number of carboxylic acid groups (broad SMARTS) is 1. The molecule has 4 heteroatoms. The van der Waals surface area contributed by atoms with Crippen molar-refractivity contribution in [2.45, 2.75) is 39.5 Å². The zero-order chi connectivity index (χ0) is 14.9. The first-order chi connectivity index (χ1) is 9.29. The molecule has 2 rings (SSSR count). The fraction of sp³-hybridized carbons (Fsp3) is 0.375. The second kappa shape index (κ2) is 5.37. The van der Waals surface area contributed by atoms with Gasteiger partial charge >= 0.3 is 5.97 Å². The molecule has 0 aliphatic rings. The van der Waals surface area contributed by atoms with Crippen LogP contribution < -0.4 is 0 Å². The Morgan fingerprint density at radius 2 is 1.95 bits per heavy atom. The third-order valence-corrected chi connectivity index (χ3v) is 4.66. The van der Waals surface area contributed by atoms with Crippen molar-refractivity contribution in [2.75, 3.05) is 0 Å². The lowest BCUT2D eigenvalue weighted by molar-refractivity contribution is 0.0701. The normalized spacial score (nSPS) is 11.6. The molecule has 0 bridgehead atoms. The molecule has 106 valence electrons. The number of aryl methyl sites for hydroxylation is 1. The lowest BCUT2D eigenvalue weighted by atomic mass is 9.98. The van der Waals surface area contributed by atoms with Crippen LogP contribution in [0.4, 0.5) is 0 Å². The summed E-state index contributed by atoms with van der Waals surface area (Å²) in [6.07, 6.45) is 0.570. The van der Waals surface area contributed by atoms with Crippen molar-refractivity contribution in [3.05, 3.63) is 51.0 Å². The molecule has 1 aromatic heterocycles. The van der Waals surface area contributed by atoms with Crippen molar-refractivity contribution in [2.24, 2.45) is 0 Å². The van der Waals surface area contributed by atoms with Crippen LogP contribution in [0.5, 0.6) is 0 Å². The van der Waals surface area contributed by atoms with Crippen molar-refractivity contribution in [1.29, 1.82) is 0 Å². The molecule has 0 unspecified atom stereocenters. The minimum absolute atomic E-state index is 0.126. The Hall–Kier alpha value is -1.68. The lowest BCUT2D eigenvalue weighted by Gasteiger charge is -2.13. The molecule has 0 fully saturated rings. The van der Waals surface area contributed by atoms with E-state index < -0.39 is 5.97 Å². The second-order valence-electron chi connectivity index (χ2n) is 5.95. The number of aromatic carboxylic acids is 1. The highest BCUT2D eigenvalue weighted by molar-refractivity contribution is 7.13. The number of carbonyl (C=O) groups is 1. The number of rotatable bonds is 3. The van der Waals surface area contributed by atoms with Crippen LogP contribution in [-0.2, 0) is 11.8 Å². The van der Waals surface area contributed by atoms with Gasteiger partial charge in [0.05, 0.1) is 10.7 Å². The van der Waals surface area contributed by atoms with Gasteiger partial charge in [0.15, 0.2) is 0 Å². The number of benzene rings is 1. The average molecular weight is 289 g/mol. The van der Waals surface area contributed by atoms with E-state index in [4.69, 9.17) is 0 Å². The van der Waals surface area contributed by atoms with E-state index in [0.29, 0.717) is 17.0 Å². The highest BCUT2D eigenvalue weighted by atomic mass is 32.1. The second-order valence-corrected chi connectivity index (χ2v) is 6.95. The van der Waals surface area contributed by atoms with E-state index in [0.717, 1.165) is 16.1 Å². The van der Waals surface area contributed by atoms with Crippen molar-refractivity contribution in [3.63, 3.8) is 0 Å². The zero-order valence-electron chi connectivity index (χ0n) is 12.2. The maximum atomic E-state index is 11.4. The van der Waals surface area contributed by atoms with E-state index in [-0.39, 0.29) is 5.41 Å². The van der Waals surface area contributed by atoms with Crippen molar-refractivity contribution >= 4 is 17.3 Å². The van der Waals surface area contributed by atoms with Crippen molar-refractivity contribution < 1.29 is 9.90 Å². The average Bonchev–Trinajstić information content (AvgIpc) is 2.76. The third kappa shape index (κ3) is 3.07. The number of nitrogens with zero attached hydrogens (tertiary/aromatic N) is 1. The molecule has 0 aliphatic heterocycles. The van der Waals surface area contributed by atoms with E-state index in [1.54, 1.807) is 0 Å². The summed E-state index contributed by atoms with van der Waals surface area (Å²) in [7, 11) is 0. The predicted molar refractivity (Wildman–Crippen MR) is 81.8 cm³/mol. The van der Waals surface area contributed by atoms with Crippen LogP contribution in [0.1, 0.15) is 52.3 Å². The van der Waals surface area contributed by atoms with Gasteiger partial charge in [-0.05, 0) is 18.1 Å². The summed E-state index contributed by atoms with van der Waals surface area (Å²) in [6.45, 7) is 8.19. The molecule has 2 aromatic rings. The number of aromatic nitrogens is 1. The van der Waals surface area contributed by atoms with Crippen LogP contribution >= 0.6 is 11.3 Å². The van der Waals surface area contributed by atoms with Crippen LogP contribution in [-0.4, -0.2) is 16.1 Å². The Kier molecular flexibility index (Phi) is 3.95. The highest BCUT2D eigenvalue weighted by Gasteiger charge is 2.24. The first-order valence-electron chi connectivity index (χ1n) is 6.57. The van der Waals surface area contributed by atoms with Gasteiger partial charge in [-0.3, -0.25) is 0 Å². The van der Waals surface area contributed by atoms with Gasteiger partial charge in [-0.15, -0.1) is 11.3 Å². The quantitative estimate of drug-likeness (QED) is 0.927. The Bertz CT molecular complexity index is 638. The molecular formula is C16H19NO2S.